The van der Waals surface area contributed by atoms with Crippen molar-refractivity contribution in [3.8, 4) is 11.5 Å². The first-order chi connectivity index (χ1) is 16.8. The van der Waals surface area contributed by atoms with E-state index in [1.165, 1.54) is 47.1 Å². The number of nitrogens with zero attached hydrogens (tertiary/aromatic N) is 3. The van der Waals surface area contributed by atoms with Gasteiger partial charge in [-0.3, -0.25) is 14.9 Å². The van der Waals surface area contributed by atoms with Gasteiger partial charge in [0.1, 0.15) is 0 Å². The van der Waals surface area contributed by atoms with Gasteiger partial charge in [-0.05, 0) is 42.0 Å². The Hall–Kier alpha value is -4.29. The van der Waals surface area contributed by atoms with Gasteiger partial charge in [0.05, 0.1) is 27.6 Å². The van der Waals surface area contributed by atoms with Crippen LogP contribution in [0.1, 0.15) is 5.56 Å². The standard InChI is InChI=1S/C23H15N3O7S2/c1-32-18-11-10-14(12-19(18)33-35(30,31)21-9-5-4-8-17(21)26(28)29)13-20-22(27)25-16-7-3-2-6-15(16)24-23(25)34-20/h2-13H,1H3/b20-13-. The Morgan fingerprint density at radius 3 is 2.57 bits per heavy atom. The van der Waals surface area contributed by atoms with Gasteiger partial charge in [-0.1, -0.05) is 41.7 Å². The minimum absolute atomic E-state index is 0.0960. The summed E-state index contributed by atoms with van der Waals surface area (Å²) >= 11 is 1.19. The molecule has 5 rings (SSSR count). The molecule has 0 fully saturated rings. The number of aromatic nitrogens is 2. The lowest BCUT2D eigenvalue weighted by molar-refractivity contribution is -0.387. The van der Waals surface area contributed by atoms with Gasteiger partial charge in [-0.15, -0.1) is 0 Å². The molecule has 5 aromatic rings. The molecule has 35 heavy (non-hydrogen) atoms. The van der Waals surface area contributed by atoms with Crippen molar-refractivity contribution in [2.24, 2.45) is 0 Å². The number of hydrogen-bond donors (Lipinski definition) is 0. The molecule has 0 aliphatic heterocycles. The zero-order chi connectivity index (χ0) is 24.7. The number of para-hydroxylation sites is 3. The summed E-state index contributed by atoms with van der Waals surface area (Å²) in [7, 11) is -3.23. The first kappa shape index (κ1) is 22.5. The van der Waals surface area contributed by atoms with E-state index in [9.17, 15) is 23.3 Å². The van der Waals surface area contributed by atoms with Crippen LogP contribution in [-0.4, -0.2) is 29.8 Å². The molecule has 0 N–H and O–H groups in total. The van der Waals surface area contributed by atoms with Crippen LogP contribution >= 0.6 is 11.3 Å². The van der Waals surface area contributed by atoms with Crippen molar-refractivity contribution in [2.75, 3.05) is 7.11 Å². The van der Waals surface area contributed by atoms with Crippen LogP contribution in [0.15, 0.2) is 76.4 Å². The van der Waals surface area contributed by atoms with Crippen LogP contribution in [0, 0.1) is 10.1 Å². The van der Waals surface area contributed by atoms with Crippen LogP contribution in [0.3, 0.4) is 0 Å². The van der Waals surface area contributed by atoms with Crippen LogP contribution in [-0.2, 0) is 10.1 Å². The second kappa shape index (κ2) is 8.49. The molecule has 0 atom stereocenters. The molecule has 0 spiro atoms. The molecule has 3 aromatic carbocycles. The highest BCUT2D eigenvalue weighted by atomic mass is 32.2. The summed E-state index contributed by atoms with van der Waals surface area (Å²) in [6.45, 7) is 0. The van der Waals surface area contributed by atoms with Crippen LogP contribution in [0.5, 0.6) is 11.5 Å². The largest absolute Gasteiger partial charge is 0.493 e. The third-order valence-electron chi connectivity index (χ3n) is 5.16. The predicted octanol–water partition coefficient (Wildman–Crippen LogP) is 3.14. The zero-order valence-corrected chi connectivity index (χ0v) is 19.6. The van der Waals surface area contributed by atoms with Gasteiger partial charge in [0, 0.05) is 6.07 Å². The molecule has 12 heteroatoms. The zero-order valence-electron chi connectivity index (χ0n) is 17.9. The molecule has 0 radical (unpaired) electrons. The first-order valence-electron chi connectivity index (χ1n) is 10.1. The molecule has 10 nitrogen and oxygen atoms in total. The summed E-state index contributed by atoms with van der Waals surface area (Å²) in [4.78, 5) is 27.9. The lowest BCUT2D eigenvalue weighted by atomic mass is 10.2. The fourth-order valence-electron chi connectivity index (χ4n) is 3.59. The van der Waals surface area contributed by atoms with E-state index in [1.807, 2.05) is 18.2 Å². The highest BCUT2D eigenvalue weighted by molar-refractivity contribution is 7.87. The van der Waals surface area contributed by atoms with Gasteiger partial charge in [-0.2, -0.15) is 8.42 Å². The number of imidazole rings is 1. The summed E-state index contributed by atoms with van der Waals surface area (Å²) in [6, 6.07) is 16.7. The van der Waals surface area contributed by atoms with Gasteiger partial charge in [0.15, 0.2) is 21.4 Å². The second-order valence-corrected chi connectivity index (χ2v) is 9.83. The quantitative estimate of drug-likeness (QED) is 0.194. The van der Waals surface area contributed by atoms with Gasteiger partial charge < -0.3 is 8.92 Å². The molecule has 0 saturated heterocycles. The Morgan fingerprint density at radius 2 is 1.80 bits per heavy atom. The normalized spacial score (nSPS) is 12.3. The van der Waals surface area contributed by atoms with Crippen molar-refractivity contribution in [1.29, 1.82) is 0 Å². The van der Waals surface area contributed by atoms with E-state index in [4.69, 9.17) is 8.92 Å². The summed E-state index contributed by atoms with van der Waals surface area (Å²) in [6.07, 6.45) is 1.58. The highest BCUT2D eigenvalue weighted by Crippen LogP contribution is 2.33. The Bertz CT molecular complexity index is 1840. The smallest absolute Gasteiger partial charge is 0.346 e. The maximum absolute atomic E-state index is 13.0. The van der Waals surface area contributed by atoms with Gasteiger partial charge in [-0.25, -0.2) is 9.38 Å². The van der Waals surface area contributed by atoms with E-state index in [0.29, 0.717) is 26.1 Å². The number of methoxy groups -OCH3 is 1. The van der Waals surface area contributed by atoms with Gasteiger partial charge in [0.2, 0.25) is 0 Å². The van der Waals surface area contributed by atoms with Gasteiger partial charge in [0.25, 0.3) is 11.2 Å². The van der Waals surface area contributed by atoms with E-state index < -0.39 is 25.6 Å². The number of benzene rings is 3. The van der Waals surface area contributed by atoms with Crippen molar-refractivity contribution in [3.63, 3.8) is 0 Å². The average molecular weight is 510 g/mol. The van der Waals surface area contributed by atoms with E-state index in [-0.39, 0.29) is 17.1 Å². The predicted molar refractivity (Wildman–Crippen MR) is 130 cm³/mol. The van der Waals surface area contributed by atoms with E-state index in [0.717, 1.165) is 12.1 Å². The number of hydrogen-bond acceptors (Lipinski definition) is 9. The van der Waals surface area contributed by atoms with Crippen LogP contribution in [0.2, 0.25) is 0 Å². The minimum atomic E-state index is -4.56. The third kappa shape index (κ3) is 3.98. The van der Waals surface area contributed by atoms with Crippen molar-refractivity contribution in [1.82, 2.24) is 9.38 Å². The lowest BCUT2D eigenvalue weighted by Gasteiger charge is -2.11. The van der Waals surface area contributed by atoms with Gasteiger partial charge >= 0.3 is 10.1 Å². The Kier molecular flexibility index (Phi) is 5.46. The van der Waals surface area contributed by atoms with Crippen LogP contribution < -0.4 is 19.0 Å². The topological polar surface area (TPSA) is 130 Å². The first-order valence-corrected chi connectivity index (χ1v) is 12.3. The number of rotatable bonds is 6. The fourth-order valence-corrected chi connectivity index (χ4v) is 5.68. The summed E-state index contributed by atoms with van der Waals surface area (Å²) < 4.78 is 38.1. The Balaban J connectivity index is 1.59. The molecule has 0 unspecified atom stereocenters. The average Bonchev–Trinajstić information content (AvgIpc) is 3.35. The van der Waals surface area contributed by atoms with Crippen LogP contribution in [0.4, 0.5) is 5.69 Å². The molecule has 0 saturated carbocycles. The lowest BCUT2D eigenvalue weighted by Crippen LogP contribution is -2.22. The molecule has 0 aliphatic carbocycles. The minimum Gasteiger partial charge on any atom is -0.493 e. The van der Waals surface area contributed by atoms with E-state index in [1.54, 1.807) is 18.2 Å². The monoisotopic (exact) mass is 509 g/mol. The number of thiazole rings is 1. The molecule has 0 amide bonds. The number of ether oxygens (including phenoxy) is 1. The Morgan fingerprint density at radius 1 is 1.06 bits per heavy atom. The second-order valence-electron chi connectivity index (χ2n) is 7.31. The van der Waals surface area contributed by atoms with Crippen molar-refractivity contribution in [3.05, 3.63) is 97.3 Å². The number of nitro groups is 1. The molecule has 0 aliphatic rings. The summed E-state index contributed by atoms with van der Waals surface area (Å²) in [5.74, 6) is -0.0859. The maximum atomic E-state index is 13.0. The van der Waals surface area contributed by atoms with Crippen LogP contribution in [0.25, 0.3) is 22.1 Å². The SMILES string of the molecule is COc1ccc(/C=c2\sc3nc4ccccc4n3c2=O)cc1OS(=O)(=O)c1ccccc1[N+](=O)[O-]. The molecule has 0 bridgehead atoms. The van der Waals surface area contributed by atoms with E-state index >= 15 is 0 Å². The van der Waals surface area contributed by atoms with Crippen molar-refractivity contribution < 1.29 is 22.3 Å². The molecular formula is C23H15N3O7S2. The highest BCUT2D eigenvalue weighted by Gasteiger charge is 2.28. The number of nitro benzene ring substituents is 1. The summed E-state index contributed by atoms with van der Waals surface area (Å²) in [5.41, 5.74) is 0.994. The Labute approximate surface area is 201 Å². The molecule has 2 aromatic heterocycles. The fraction of sp³-hybridized carbons (Fsp3) is 0.0435. The molecular weight excluding hydrogens is 494 g/mol. The van der Waals surface area contributed by atoms with E-state index in [2.05, 4.69) is 4.98 Å². The maximum Gasteiger partial charge on any atom is 0.346 e. The molecule has 2 heterocycles. The summed E-state index contributed by atoms with van der Waals surface area (Å²) in [5, 5.41) is 11.3. The van der Waals surface area contributed by atoms with Crippen molar-refractivity contribution in [2.45, 2.75) is 4.90 Å². The third-order valence-corrected chi connectivity index (χ3v) is 7.41. The van der Waals surface area contributed by atoms with Crippen molar-refractivity contribution >= 4 is 49.2 Å². The number of fused-ring (bicyclic) bond motifs is 3. The molecule has 176 valence electrons.